The first-order valence-electron chi connectivity index (χ1n) is 50.4. The van der Waals surface area contributed by atoms with E-state index in [4.69, 9.17) is 59.1 Å². The van der Waals surface area contributed by atoms with Crippen LogP contribution in [-0.2, 0) is 35.6 Å². The Balaban J connectivity index is 0.000000127. The number of fused-ring (bicyclic) bond motifs is 4. The minimum atomic E-state index is -1.77. The number of carboxylic acid groups (broad SMARTS) is 1. The molecule has 30 heteroatoms. The van der Waals surface area contributed by atoms with Crippen LogP contribution >= 0.6 is 11.6 Å². The van der Waals surface area contributed by atoms with E-state index in [2.05, 4.69) is 75.2 Å². The van der Waals surface area contributed by atoms with Gasteiger partial charge >= 0.3 is 17.9 Å². The molecule has 16 aromatic rings. The van der Waals surface area contributed by atoms with Crippen LogP contribution in [0, 0.1) is 79.1 Å². The quantitative estimate of drug-likeness (QED) is 0.0470. The predicted molar refractivity (Wildman–Crippen MR) is 544 cm³/mol. The molecule has 5 saturated carbocycles. The van der Waals surface area contributed by atoms with Gasteiger partial charge in [0.2, 0.25) is 0 Å². The monoisotopic (exact) mass is 1960 g/mol. The molecule has 0 unspecified atom stereocenters. The fraction of sp³-hybridized carbons (Fsp3) is 0.407. The smallest absolute Gasteiger partial charge is 0.338 e. The Morgan fingerprint density at radius 2 is 0.734 bits per heavy atom. The van der Waals surface area contributed by atoms with Crippen LogP contribution < -0.4 is 5.32 Å². The number of alkyl halides is 4. The molecule has 13 heterocycles. The molecule has 0 spiro atoms. The van der Waals surface area contributed by atoms with Crippen molar-refractivity contribution < 1.29 is 72.2 Å². The summed E-state index contributed by atoms with van der Waals surface area (Å²) < 4.78 is 116. The third-order valence-electron chi connectivity index (χ3n) is 29.3. The average Bonchev–Trinajstić information content (AvgIpc) is 1.58. The minimum absolute atomic E-state index is 0.0595. The summed E-state index contributed by atoms with van der Waals surface area (Å²) in [5, 5.41) is 28.9. The highest BCUT2D eigenvalue weighted by Crippen LogP contribution is 2.47. The van der Waals surface area contributed by atoms with Gasteiger partial charge in [0.15, 0.2) is 0 Å². The molecule has 744 valence electrons. The number of ether oxygens (including phenoxy) is 2. The van der Waals surface area contributed by atoms with Crippen molar-refractivity contribution in [3.05, 3.63) is 232 Å². The lowest BCUT2D eigenvalue weighted by Gasteiger charge is -2.31. The lowest BCUT2D eigenvalue weighted by atomic mass is 9.81. The van der Waals surface area contributed by atoms with E-state index in [-0.39, 0.29) is 34.4 Å². The zero-order chi connectivity index (χ0) is 103. The largest absolute Gasteiger partial charge is 0.478 e. The van der Waals surface area contributed by atoms with Crippen molar-refractivity contribution in [1.82, 2.24) is 69.1 Å². The number of pyridine rings is 5. The topological polar surface area (TPSA) is 307 Å². The summed E-state index contributed by atoms with van der Waals surface area (Å²) in [6.45, 7) is 24.6. The molecule has 3 aromatic carbocycles. The molecular weight excluding hydrogens is 1840 g/mol. The number of benzene rings is 3. The number of hydrogen-bond donors (Lipinski definition) is 2. The predicted octanol–water partition coefficient (Wildman–Crippen LogP) is 27.2. The van der Waals surface area contributed by atoms with E-state index in [1.165, 1.54) is 13.2 Å². The van der Waals surface area contributed by atoms with Crippen LogP contribution in [0.3, 0.4) is 0 Å². The van der Waals surface area contributed by atoms with E-state index >= 15 is 0 Å². The number of aromatic nitrogens is 13. The van der Waals surface area contributed by atoms with Gasteiger partial charge in [-0.2, -0.15) is 0 Å². The highest BCUT2D eigenvalue weighted by atomic mass is 35.5. The first-order chi connectivity index (χ1) is 69.2. The molecule has 0 radical (unpaired) electrons. The summed E-state index contributed by atoms with van der Waals surface area (Å²) >= 11 is 6.28. The normalized spacial score (nSPS) is 21.0. The zero-order valence-corrected chi connectivity index (χ0v) is 83.9. The summed E-state index contributed by atoms with van der Waals surface area (Å²) in [7, 11) is 1.34. The number of aryl methyl sites for hydroxylation is 8. The number of carbonyl (C=O) groups excluding carboxylic acids is 3. The Hall–Kier alpha value is -13.7. The highest BCUT2D eigenvalue weighted by molar-refractivity contribution is 6.34. The third kappa shape index (κ3) is 22.0. The molecule has 0 aliphatic heterocycles. The molecule has 0 saturated heterocycles. The van der Waals surface area contributed by atoms with E-state index in [0.29, 0.717) is 122 Å². The Kier molecular flexibility index (Phi) is 27.7. The van der Waals surface area contributed by atoms with E-state index in [9.17, 15) is 44.6 Å². The third-order valence-corrected chi connectivity index (χ3v) is 29.6. The highest BCUT2D eigenvalue weighted by Gasteiger charge is 2.37. The van der Waals surface area contributed by atoms with Gasteiger partial charge in [-0.05, 0) is 313 Å². The molecule has 5 aliphatic carbocycles. The van der Waals surface area contributed by atoms with Gasteiger partial charge in [-0.15, -0.1) is 0 Å². The second-order valence-electron chi connectivity index (χ2n) is 40.6. The van der Waals surface area contributed by atoms with Crippen molar-refractivity contribution >= 4 is 79.5 Å². The van der Waals surface area contributed by atoms with Crippen molar-refractivity contribution in [1.29, 1.82) is 0 Å². The van der Waals surface area contributed by atoms with E-state index in [0.717, 1.165) is 233 Å². The number of rotatable bonds is 22. The van der Waals surface area contributed by atoms with Gasteiger partial charge in [-0.3, -0.25) is 29.7 Å². The SMILES string of the molecule is CCOC(=O)c1ccc(-c2cn(CC3CCC(C)(F)CC3)c3cc(-c4c(C)noc4C)cnc23)cc1.Cc1noc(C)c1-c1cnc2c(-c3ccc(C(=O)NC4CC4)nc3)cn(CC3CCC(C)(F)CC3)c2c1.Cc1noc(C)c1-c1cnc2c(-c3ccc(C(=O)O)c(Cl)c3)cn(CC3CCC(C)(F)CC3)c2c1.[2H]C([2H])(C1CCC(C)(F)CC1)n1cc(-c2ccc(C(=O)OC)cc2)c2ncc(-c3c(C)noc3C)cc21. The number of amides is 1. The van der Waals surface area contributed by atoms with Crippen LogP contribution in [0.2, 0.25) is 5.02 Å². The van der Waals surface area contributed by atoms with Gasteiger partial charge in [0.25, 0.3) is 5.91 Å². The lowest BCUT2D eigenvalue weighted by molar-refractivity contribution is 0.0524. The second-order valence-corrected chi connectivity index (χ2v) is 41.0. The van der Waals surface area contributed by atoms with Crippen molar-refractivity contribution in [3.8, 4) is 89.0 Å². The molecule has 13 aromatic heterocycles. The molecule has 5 fully saturated rings. The number of nitrogens with one attached hydrogen (secondary N) is 1. The van der Waals surface area contributed by atoms with E-state index < -0.39 is 41.1 Å². The van der Waals surface area contributed by atoms with Crippen molar-refractivity contribution in [2.75, 3.05) is 13.7 Å². The van der Waals surface area contributed by atoms with Gasteiger partial charge in [0.1, 0.15) is 51.4 Å². The molecular formula is C113H121ClF4N14O11. The summed E-state index contributed by atoms with van der Waals surface area (Å²) in [5.74, 6) is 1.79. The zero-order valence-electron chi connectivity index (χ0n) is 85.2. The van der Waals surface area contributed by atoms with Crippen molar-refractivity contribution in [2.45, 2.75) is 260 Å². The Morgan fingerprint density at radius 1 is 0.420 bits per heavy atom. The first-order valence-corrected chi connectivity index (χ1v) is 49.8. The summed E-state index contributed by atoms with van der Waals surface area (Å²) in [5.41, 5.74) is 21.3. The molecule has 0 bridgehead atoms. The number of nitrogens with zero attached hydrogens (tertiary/aromatic N) is 13. The standard InChI is InChI=1S/C29H32FN5O2.C29H32FN3O3.C28H30FN3O3.C27H27ClFN3O3/c1-17-26(18(2)37-34-17)21-12-25-27(32-14-21)23(16-35(25)15-19-8-10-29(3,30)11-9-19)20-4-7-24(31-13-20)28(36)33-22-5-6-22;1-5-35-28(34)22-8-6-21(7-9-22)24-17-33(16-20-10-12-29(4,30)13-11-20)25-14-23(15-31-27(24)25)26-18(2)32-36-19(26)3;1-17-25(18(2)35-31-17)22-13-24-26(30-14-22)23(20-5-7-21(8-6-20)27(33)34-4)16-32(24)15-19-9-11-28(3,29)12-10-19;1-15-24(16(2)35-31-15)19-11-23-25(30-12-19)21(18-4-5-20(26(33)34)22(28)10-18)14-32(23)13-17-6-8-27(3,29)9-7-17/h4,7,12-14,16,19,22H,5-6,8-11,15H2,1-3H3,(H,33,36);6-9,14-15,17,20H,5,10-13,16H2,1-4H3;5-8,13-14,16,19H,9-12,15H2,1-4H3;4-5,10-12,14,17H,6-9,13H2,1-3H3,(H,33,34)/i;;15D2;. The minimum Gasteiger partial charge on any atom is -0.478 e. The fourth-order valence-corrected chi connectivity index (χ4v) is 21.1. The number of carbonyl (C=O) groups is 4. The number of methoxy groups -OCH3 is 1. The molecule has 21 rings (SSSR count). The Morgan fingerprint density at radius 3 is 1.05 bits per heavy atom. The molecule has 2 N–H and O–H groups in total. The maximum Gasteiger partial charge on any atom is 0.338 e. The van der Waals surface area contributed by atoms with Gasteiger partial charge in [0, 0.05) is 160 Å². The number of carboxylic acids is 1. The Labute approximate surface area is 835 Å². The molecule has 25 nitrogen and oxygen atoms in total. The van der Waals surface area contributed by atoms with Crippen LogP contribution in [0.4, 0.5) is 17.6 Å². The van der Waals surface area contributed by atoms with E-state index in [1.54, 1.807) is 112 Å². The van der Waals surface area contributed by atoms with Crippen LogP contribution in [-0.4, -0.2) is 135 Å². The number of aromatic carboxylic acids is 1. The molecule has 5 aliphatic rings. The Bertz CT molecular complexity index is 7430. The van der Waals surface area contributed by atoms with Crippen LogP contribution in [0.1, 0.15) is 240 Å². The maximum absolute atomic E-state index is 14.5. The number of hydrogen-bond acceptors (Lipinski definition) is 19. The number of halogens is 5. The fourth-order valence-electron chi connectivity index (χ4n) is 20.8. The summed E-state index contributed by atoms with van der Waals surface area (Å²) in [6.07, 6.45) is 29.4. The number of esters is 2. The van der Waals surface area contributed by atoms with Crippen molar-refractivity contribution in [3.63, 3.8) is 0 Å². The summed E-state index contributed by atoms with van der Waals surface area (Å²) in [6, 6.07) is 31.7. The lowest BCUT2D eigenvalue weighted by Crippen LogP contribution is -2.27. The molecule has 0 atom stereocenters. The maximum atomic E-state index is 14.5. The van der Waals surface area contributed by atoms with Gasteiger partial charge in [-0.25, -0.2) is 31.9 Å². The van der Waals surface area contributed by atoms with Crippen LogP contribution in [0.5, 0.6) is 0 Å². The molecule has 143 heavy (non-hydrogen) atoms. The van der Waals surface area contributed by atoms with Crippen molar-refractivity contribution in [2.24, 2.45) is 23.7 Å². The van der Waals surface area contributed by atoms with Crippen LogP contribution in [0.15, 0.2) is 177 Å². The van der Waals surface area contributed by atoms with Gasteiger partial charge < -0.3 is 56.3 Å². The summed E-state index contributed by atoms with van der Waals surface area (Å²) in [4.78, 5) is 71.6. The van der Waals surface area contributed by atoms with E-state index in [1.807, 2.05) is 104 Å². The second kappa shape index (κ2) is 41.0. The average molecular weight is 1960 g/mol. The van der Waals surface area contributed by atoms with Gasteiger partial charge in [0.05, 0.1) is 105 Å². The molecule has 1 amide bonds. The first kappa shape index (κ1) is 96.8. The van der Waals surface area contributed by atoms with Crippen LogP contribution in [0.25, 0.3) is 133 Å². The van der Waals surface area contributed by atoms with Gasteiger partial charge in [-0.1, -0.05) is 68.6 Å².